The summed E-state index contributed by atoms with van der Waals surface area (Å²) < 4.78 is 11.8. The van der Waals surface area contributed by atoms with E-state index in [9.17, 15) is 0 Å². The molecule has 0 N–H and O–H groups in total. The highest BCUT2D eigenvalue weighted by Gasteiger charge is 2.35. The highest BCUT2D eigenvalue weighted by Crippen LogP contribution is 2.17. The lowest BCUT2D eigenvalue weighted by atomic mass is 10.2. The summed E-state index contributed by atoms with van der Waals surface area (Å²) in [6.07, 6.45) is 0.515. The Balaban J connectivity index is 2.47. The average Bonchev–Trinajstić information content (AvgIpc) is 2.28. The molecule has 1 aliphatic rings. The van der Waals surface area contributed by atoms with Crippen LogP contribution in [0.25, 0.3) is 0 Å². The fraction of sp³-hybridized carbons (Fsp3) is 1.00. The molecule has 1 saturated heterocycles. The van der Waals surface area contributed by atoms with Gasteiger partial charge in [0.15, 0.2) is 6.23 Å². The van der Waals surface area contributed by atoms with Gasteiger partial charge < -0.3 is 9.47 Å². The van der Waals surface area contributed by atoms with E-state index in [1.54, 1.807) is 14.2 Å². The van der Waals surface area contributed by atoms with E-state index in [4.69, 9.17) is 9.47 Å². The van der Waals surface area contributed by atoms with E-state index in [1.165, 1.54) is 0 Å². The quantitative estimate of drug-likeness (QED) is 0.648. The Hall–Kier alpha value is -0.160. The molecule has 1 heterocycles. The predicted octanol–water partition coefficient (Wildman–Crippen LogP) is 0.733. The molecule has 2 unspecified atom stereocenters. The first-order valence-electron chi connectivity index (χ1n) is 5.67. The van der Waals surface area contributed by atoms with Crippen LogP contribution < -0.4 is 0 Å². The standard InChI is InChI=1S/C11H25N2O2/c1-10(14-4)12-6-8-13(3,9-7-12)11(2)15-5/h10-11H,6-9H2,1-5H3/q+1. The lowest BCUT2D eigenvalue weighted by Crippen LogP contribution is -2.62. The van der Waals surface area contributed by atoms with Gasteiger partial charge >= 0.3 is 0 Å². The van der Waals surface area contributed by atoms with Crippen molar-refractivity contribution in [2.24, 2.45) is 0 Å². The first-order valence-corrected chi connectivity index (χ1v) is 5.67. The molecule has 2 atom stereocenters. The molecule has 0 spiro atoms. The Morgan fingerprint density at radius 3 is 2.00 bits per heavy atom. The second-order valence-corrected chi connectivity index (χ2v) is 4.63. The Morgan fingerprint density at radius 2 is 1.60 bits per heavy atom. The van der Waals surface area contributed by atoms with Gasteiger partial charge in [0.1, 0.15) is 6.23 Å². The number of rotatable bonds is 4. The molecule has 0 aromatic carbocycles. The van der Waals surface area contributed by atoms with Crippen molar-refractivity contribution in [3.63, 3.8) is 0 Å². The molecule has 0 aromatic heterocycles. The van der Waals surface area contributed by atoms with Crippen molar-refractivity contribution in [2.75, 3.05) is 47.4 Å². The molecule has 1 fully saturated rings. The average molecular weight is 217 g/mol. The molecule has 0 radical (unpaired) electrons. The number of piperazine rings is 1. The van der Waals surface area contributed by atoms with Crippen LogP contribution in [-0.4, -0.2) is 69.3 Å². The van der Waals surface area contributed by atoms with Crippen LogP contribution in [0.2, 0.25) is 0 Å². The number of quaternary nitrogens is 1. The Kier molecular flexibility index (Phi) is 4.52. The number of methoxy groups -OCH3 is 2. The molecule has 0 aliphatic carbocycles. The third-order valence-electron chi connectivity index (χ3n) is 3.87. The van der Waals surface area contributed by atoms with Gasteiger partial charge in [-0.2, -0.15) is 0 Å². The van der Waals surface area contributed by atoms with Gasteiger partial charge in [-0.05, 0) is 6.92 Å². The van der Waals surface area contributed by atoms with Crippen LogP contribution >= 0.6 is 0 Å². The van der Waals surface area contributed by atoms with Gasteiger partial charge in [0.05, 0.1) is 33.2 Å². The molecule has 1 rings (SSSR count). The van der Waals surface area contributed by atoms with Gasteiger partial charge in [0, 0.05) is 21.1 Å². The maximum atomic E-state index is 5.44. The van der Waals surface area contributed by atoms with E-state index >= 15 is 0 Å². The highest BCUT2D eigenvalue weighted by molar-refractivity contribution is 4.65. The fourth-order valence-corrected chi connectivity index (χ4v) is 2.07. The Bertz CT molecular complexity index is 191. The summed E-state index contributed by atoms with van der Waals surface area (Å²) in [7, 11) is 5.83. The van der Waals surface area contributed by atoms with E-state index in [0.717, 1.165) is 30.7 Å². The summed E-state index contributed by atoms with van der Waals surface area (Å²) in [4.78, 5) is 2.38. The fourth-order valence-electron chi connectivity index (χ4n) is 2.07. The first kappa shape index (κ1) is 12.9. The molecule has 15 heavy (non-hydrogen) atoms. The van der Waals surface area contributed by atoms with Crippen molar-refractivity contribution < 1.29 is 14.0 Å². The van der Waals surface area contributed by atoms with Crippen molar-refractivity contribution in [2.45, 2.75) is 26.3 Å². The lowest BCUT2D eigenvalue weighted by molar-refractivity contribution is -0.956. The second kappa shape index (κ2) is 5.25. The molecule has 0 bridgehead atoms. The van der Waals surface area contributed by atoms with Crippen LogP contribution in [0, 0.1) is 0 Å². The van der Waals surface area contributed by atoms with Gasteiger partial charge in [-0.15, -0.1) is 0 Å². The smallest absolute Gasteiger partial charge is 0.189 e. The zero-order valence-corrected chi connectivity index (χ0v) is 10.7. The normalized spacial score (nSPS) is 26.2. The topological polar surface area (TPSA) is 21.7 Å². The van der Waals surface area contributed by atoms with Crippen molar-refractivity contribution in [3.05, 3.63) is 0 Å². The van der Waals surface area contributed by atoms with E-state index in [1.807, 2.05) is 0 Å². The van der Waals surface area contributed by atoms with Crippen LogP contribution in [0.1, 0.15) is 13.8 Å². The van der Waals surface area contributed by atoms with Crippen molar-refractivity contribution in [1.29, 1.82) is 0 Å². The highest BCUT2D eigenvalue weighted by atomic mass is 16.5. The summed E-state index contributed by atoms with van der Waals surface area (Å²) in [5, 5.41) is 0. The molecular formula is C11H25N2O2+. The minimum Gasteiger partial charge on any atom is -0.367 e. The molecule has 0 amide bonds. The zero-order valence-electron chi connectivity index (χ0n) is 10.7. The molecule has 0 aromatic rings. The molecule has 90 valence electrons. The van der Waals surface area contributed by atoms with Gasteiger partial charge in [-0.1, -0.05) is 0 Å². The first-order chi connectivity index (χ1) is 7.03. The van der Waals surface area contributed by atoms with Gasteiger partial charge in [0.25, 0.3) is 0 Å². The number of likely N-dealkylation sites (N-methyl/N-ethyl adjacent to an activating group) is 1. The largest absolute Gasteiger partial charge is 0.367 e. The maximum Gasteiger partial charge on any atom is 0.189 e. The summed E-state index contributed by atoms with van der Waals surface area (Å²) in [5.74, 6) is 0. The van der Waals surface area contributed by atoms with Crippen LogP contribution in [0.15, 0.2) is 0 Å². The summed E-state index contributed by atoms with van der Waals surface area (Å²) in [5.41, 5.74) is 0. The Morgan fingerprint density at radius 1 is 1.07 bits per heavy atom. The van der Waals surface area contributed by atoms with Crippen molar-refractivity contribution in [3.8, 4) is 0 Å². The molecular weight excluding hydrogens is 192 g/mol. The SMILES string of the molecule is COC(C)N1CC[N+](C)(C(C)OC)CC1. The summed E-state index contributed by atoms with van der Waals surface area (Å²) in [6.45, 7) is 8.68. The predicted molar refractivity (Wildman–Crippen MR) is 60.4 cm³/mol. The van der Waals surface area contributed by atoms with Crippen LogP contribution in [0.5, 0.6) is 0 Å². The van der Waals surface area contributed by atoms with Gasteiger partial charge in [0.2, 0.25) is 0 Å². The van der Waals surface area contributed by atoms with Crippen molar-refractivity contribution >= 4 is 0 Å². The molecule has 4 heteroatoms. The molecule has 1 aliphatic heterocycles. The van der Waals surface area contributed by atoms with E-state index < -0.39 is 0 Å². The minimum absolute atomic E-state index is 0.233. The number of hydrogen-bond donors (Lipinski definition) is 0. The van der Waals surface area contributed by atoms with Crippen LogP contribution in [-0.2, 0) is 9.47 Å². The minimum atomic E-state index is 0.233. The molecule has 4 nitrogen and oxygen atoms in total. The van der Waals surface area contributed by atoms with E-state index in [0.29, 0.717) is 0 Å². The monoisotopic (exact) mass is 217 g/mol. The van der Waals surface area contributed by atoms with Crippen molar-refractivity contribution in [1.82, 2.24) is 4.90 Å². The second-order valence-electron chi connectivity index (χ2n) is 4.63. The number of nitrogens with zero attached hydrogens (tertiary/aromatic N) is 2. The van der Waals surface area contributed by atoms with Crippen LogP contribution in [0.3, 0.4) is 0 Å². The van der Waals surface area contributed by atoms with Gasteiger partial charge in [-0.3, -0.25) is 9.38 Å². The maximum absolute atomic E-state index is 5.44. The third-order valence-corrected chi connectivity index (χ3v) is 3.87. The number of ether oxygens (including phenoxy) is 2. The van der Waals surface area contributed by atoms with Crippen LogP contribution in [0.4, 0.5) is 0 Å². The van der Waals surface area contributed by atoms with Gasteiger partial charge in [-0.25, -0.2) is 0 Å². The third kappa shape index (κ3) is 2.91. The van der Waals surface area contributed by atoms with E-state index in [2.05, 4.69) is 25.8 Å². The number of hydrogen-bond acceptors (Lipinski definition) is 3. The molecule has 0 saturated carbocycles. The zero-order chi connectivity index (χ0) is 11.5. The lowest BCUT2D eigenvalue weighted by Gasteiger charge is -2.45. The Labute approximate surface area is 93.3 Å². The van der Waals surface area contributed by atoms with E-state index in [-0.39, 0.29) is 12.5 Å². The summed E-state index contributed by atoms with van der Waals surface area (Å²) in [6, 6.07) is 0. The summed E-state index contributed by atoms with van der Waals surface area (Å²) >= 11 is 0.